The number of carbonyl (C=O) groups is 3. The number of hydrogen-bond donors (Lipinski definition) is 3. The van der Waals surface area contributed by atoms with E-state index in [0.29, 0.717) is 22.9 Å². The molecule has 3 aromatic rings. The Labute approximate surface area is 197 Å². The molecule has 3 aromatic carbocycles. The van der Waals surface area contributed by atoms with Gasteiger partial charge in [0.1, 0.15) is 13.2 Å². The predicted octanol–water partition coefficient (Wildman–Crippen LogP) is 3.58. The molecule has 176 valence electrons. The average Bonchev–Trinajstić information content (AvgIpc) is 2.86. The van der Waals surface area contributed by atoms with Crippen LogP contribution in [0, 0.1) is 0 Å². The van der Waals surface area contributed by atoms with Crippen molar-refractivity contribution in [2.75, 3.05) is 30.9 Å². The largest absolute Gasteiger partial charge is 0.493 e. The molecule has 3 rings (SSSR count). The lowest BCUT2D eigenvalue weighted by molar-refractivity contribution is -0.118. The summed E-state index contributed by atoms with van der Waals surface area (Å²) in [4.78, 5) is 36.2. The van der Waals surface area contributed by atoms with E-state index in [0.717, 1.165) is 5.56 Å². The molecule has 34 heavy (non-hydrogen) atoms. The molecule has 0 atom stereocenters. The first-order valence-corrected chi connectivity index (χ1v) is 10.4. The Hall–Kier alpha value is -4.53. The van der Waals surface area contributed by atoms with Crippen LogP contribution in [0.4, 0.5) is 16.2 Å². The van der Waals surface area contributed by atoms with Crippen LogP contribution in [0.3, 0.4) is 0 Å². The molecule has 0 fully saturated rings. The van der Waals surface area contributed by atoms with E-state index in [1.807, 2.05) is 30.3 Å². The van der Waals surface area contributed by atoms with Crippen molar-refractivity contribution in [2.45, 2.75) is 6.61 Å². The topological polar surface area (TPSA) is 115 Å². The van der Waals surface area contributed by atoms with Crippen LogP contribution in [0.2, 0.25) is 0 Å². The third-order valence-corrected chi connectivity index (χ3v) is 4.46. The second-order valence-corrected chi connectivity index (χ2v) is 7.03. The van der Waals surface area contributed by atoms with Crippen molar-refractivity contribution in [3.8, 4) is 11.5 Å². The van der Waals surface area contributed by atoms with Gasteiger partial charge in [-0.3, -0.25) is 9.59 Å². The molecular formula is C25H25N3O6. The molecule has 0 unspecified atom stereocenters. The lowest BCUT2D eigenvalue weighted by atomic mass is 10.2. The fourth-order valence-electron chi connectivity index (χ4n) is 2.88. The zero-order chi connectivity index (χ0) is 24.2. The van der Waals surface area contributed by atoms with Crippen LogP contribution < -0.4 is 25.4 Å². The van der Waals surface area contributed by atoms with E-state index >= 15 is 0 Å². The highest BCUT2D eigenvalue weighted by atomic mass is 16.5. The van der Waals surface area contributed by atoms with Crippen molar-refractivity contribution in [2.24, 2.45) is 0 Å². The molecule has 0 aliphatic carbocycles. The van der Waals surface area contributed by atoms with Crippen molar-refractivity contribution in [3.05, 3.63) is 84.4 Å². The number of hydrogen-bond acceptors (Lipinski definition) is 6. The number of ether oxygens (including phenoxy) is 3. The second-order valence-electron chi connectivity index (χ2n) is 7.03. The Bertz CT molecular complexity index is 1120. The fourth-order valence-corrected chi connectivity index (χ4v) is 2.88. The van der Waals surface area contributed by atoms with E-state index in [9.17, 15) is 14.4 Å². The van der Waals surface area contributed by atoms with Crippen LogP contribution >= 0.6 is 0 Å². The smallest absolute Gasteiger partial charge is 0.407 e. The first-order valence-electron chi connectivity index (χ1n) is 10.4. The van der Waals surface area contributed by atoms with Crippen molar-refractivity contribution < 1.29 is 28.6 Å². The monoisotopic (exact) mass is 463 g/mol. The van der Waals surface area contributed by atoms with E-state index in [2.05, 4.69) is 16.0 Å². The minimum absolute atomic E-state index is 0.108. The van der Waals surface area contributed by atoms with Gasteiger partial charge in [-0.05, 0) is 35.9 Å². The fraction of sp³-hybridized carbons (Fsp3) is 0.160. The summed E-state index contributed by atoms with van der Waals surface area (Å²) >= 11 is 0. The van der Waals surface area contributed by atoms with Crippen molar-refractivity contribution >= 4 is 29.3 Å². The van der Waals surface area contributed by atoms with Crippen molar-refractivity contribution in [1.29, 1.82) is 0 Å². The van der Waals surface area contributed by atoms with Gasteiger partial charge < -0.3 is 30.2 Å². The highest BCUT2D eigenvalue weighted by molar-refractivity contribution is 5.96. The standard InChI is InChI=1S/C25H25N3O6/c1-32-21-12-5-6-13-22(21)33-17-24(30)28-20-11-7-10-19(14-20)27-23(29)15-26-25(31)34-16-18-8-3-2-4-9-18/h2-14H,15-17H2,1H3,(H,26,31)(H,27,29)(H,28,30). The Morgan fingerprint density at radius 1 is 0.765 bits per heavy atom. The number of methoxy groups -OCH3 is 1. The number of amides is 3. The van der Waals surface area contributed by atoms with Gasteiger partial charge in [0.15, 0.2) is 18.1 Å². The number of para-hydroxylation sites is 2. The van der Waals surface area contributed by atoms with Gasteiger partial charge in [0, 0.05) is 11.4 Å². The Kier molecular flexibility index (Phi) is 8.86. The van der Waals surface area contributed by atoms with Crippen LogP contribution in [0.25, 0.3) is 0 Å². The average molecular weight is 463 g/mol. The summed E-state index contributed by atoms with van der Waals surface area (Å²) in [6.07, 6.45) is -0.699. The van der Waals surface area contributed by atoms with Gasteiger partial charge in [0.05, 0.1) is 7.11 Å². The van der Waals surface area contributed by atoms with E-state index < -0.39 is 12.0 Å². The number of rotatable bonds is 10. The molecule has 9 heteroatoms. The van der Waals surface area contributed by atoms with Crippen LogP contribution in [0.15, 0.2) is 78.9 Å². The van der Waals surface area contributed by atoms with Crippen LogP contribution in [0.5, 0.6) is 11.5 Å². The third kappa shape index (κ3) is 7.86. The summed E-state index contributed by atoms with van der Waals surface area (Å²) < 4.78 is 15.8. The summed E-state index contributed by atoms with van der Waals surface area (Å²) in [7, 11) is 1.52. The molecule has 0 aromatic heterocycles. The maximum atomic E-state index is 12.2. The second kappa shape index (κ2) is 12.5. The van der Waals surface area contributed by atoms with Gasteiger partial charge in [0.25, 0.3) is 5.91 Å². The summed E-state index contributed by atoms with van der Waals surface area (Å²) in [5.74, 6) is 0.158. The maximum absolute atomic E-state index is 12.2. The van der Waals surface area contributed by atoms with Crippen LogP contribution in [0.1, 0.15) is 5.56 Å². The van der Waals surface area contributed by atoms with Crippen LogP contribution in [-0.2, 0) is 20.9 Å². The van der Waals surface area contributed by atoms with E-state index in [4.69, 9.17) is 14.2 Å². The molecule has 0 saturated carbocycles. The highest BCUT2D eigenvalue weighted by Crippen LogP contribution is 2.25. The molecule has 3 amide bonds. The van der Waals surface area contributed by atoms with E-state index in [-0.39, 0.29) is 25.7 Å². The van der Waals surface area contributed by atoms with E-state index in [1.165, 1.54) is 7.11 Å². The first-order chi connectivity index (χ1) is 16.5. The van der Waals surface area contributed by atoms with E-state index in [1.54, 1.807) is 48.5 Å². The van der Waals surface area contributed by atoms with Gasteiger partial charge in [-0.25, -0.2) is 4.79 Å². The third-order valence-electron chi connectivity index (χ3n) is 4.46. The number of alkyl carbamates (subject to hydrolysis) is 1. The van der Waals surface area contributed by atoms with Gasteiger partial charge in [-0.2, -0.15) is 0 Å². The zero-order valence-electron chi connectivity index (χ0n) is 18.6. The lowest BCUT2D eigenvalue weighted by Gasteiger charge is -2.11. The first kappa shape index (κ1) is 24.1. The molecular weight excluding hydrogens is 438 g/mol. The normalized spacial score (nSPS) is 10.0. The SMILES string of the molecule is COc1ccccc1OCC(=O)Nc1cccc(NC(=O)CNC(=O)OCc2ccccc2)c1. The van der Waals surface area contributed by atoms with Gasteiger partial charge in [0.2, 0.25) is 5.91 Å². The number of nitrogens with one attached hydrogen (secondary N) is 3. The Morgan fingerprint density at radius 2 is 1.41 bits per heavy atom. The number of carbonyl (C=O) groups excluding carboxylic acids is 3. The summed E-state index contributed by atoms with van der Waals surface area (Å²) in [5, 5.41) is 7.74. The molecule has 0 saturated heterocycles. The lowest BCUT2D eigenvalue weighted by Crippen LogP contribution is -2.33. The minimum Gasteiger partial charge on any atom is -0.493 e. The zero-order valence-corrected chi connectivity index (χ0v) is 18.6. The van der Waals surface area contributed by atoms with Gasteiger partial charge >= 0.3 is 6.09 Å². The summed E-state index contributed by atoms with van der Waals surface area (Å²) in [5.41, 5.74) is 1.77. The van der Waals surface area contributed by atoms with Gasteiger partial charge in [-0.1, -0.05) is 48.5 Å². The highest BCUT2D eigenvalue weighted by Gasteiger charge is 2.10. The number of benzene rings is 3. The molecule has 0 spiro atoms. The molecule has 0 bridgehead atoms. The minimum atomic E-state index is -0.699. The molecule has 0 radical (unpaired) electrons. The maximum Gasteiger partial charge on any atom is 0.407 e. The van der Waals surface area contributed by atoms with Crippen molar-refractivity contribution in [1.82, 2.24) is 5.32 Å². The quantitative estimate of drug-likeness (QED) is 0.423. The van der Waals surface area contributed by atoms with Crippen molar-refractivity contribution in [3.63, 3.8) is 0 Å². The molecule has 0 aliphatic rings. The Morgan fingerprint density at radius 3 is 2.12 bits per heavy atom. The molecule has 0 aliphatic heterocycles. The molecule has 0 heterocycles. The molecule has 3 N–H and O–H groups in total. The van der Waals surface area contributed by atoms with Crippen LogP contribution in [-0.4, -0.2) is 38.2 Å². The Balaban J connectivity index is 1.42. The summed E-state index contributed by atoms with van der Waals surface area (Å²) in [6, 6.07) is 22.8. The summed E-state index contributed by atoms with van der Waals surface area (Å²) in [6.45, 7) is -0.375. The predicted molar refractivity (Wildman–Crippen MR) is 127 cm³/mol. The number of anilines is 2. The van der Waals surface area contributed by atoms with Gasteiger partial charge in [-0.15, -0.1) is 0 Å². The molecule has 9 nitrogen and oxygen atoms in total.